The highest BCUT2D eigenvalue weighted by atomic mass is 35.5. The fraction of sp³-hybridized carbons (Fsp3) is 0.167. The SMILES string of the molecule is Cc1ccc(Cl)c(N2C(=O)CSC2C=Cc2ccccc2)c1. The van der Waals surface area contributed by atoms with Gasteiger partial charge < -0.3 is 0 Å². The van der Waals surface area contributed by atoms with E-state index in [-0.39, 0.29) is 11.3 Å². The highest BCUT2D eigenvalue weighted by Crippen LogP contribution is 2.36. The van der Waals surface area contributed by atoms with Crippen molar-refractivity contribution in [3.05, 3.63) is 70.8 Å². The van der Waals surface area contributed by atoms with Crippen molar-refractivity contribution >= 4 is 41.0 Å². The Bertz CT molecular complexity index is 714. The average Bonchev–Trinajstić information content (AvgIpc) is 2.89. The molecule has 1 atom stereocenters. The molecule has 0 spiro atoms. The van der Waals surface area contributed by atoms with E-state index in [1.165, 1.54) is 0 Å². The van der Waals surface area contributed by atoms with Crippen molar-refractivity contribution in [1.29, 1.82) is 0 Å². The molecule has 3 rings (SSSR count). The van der Waals surface area contributed by atoms with Crippen LogP contribution in [0.5, 0.6) is 0 Å². The molecule has 2 aromatic carbocycles. The Kier molecular flexibility index (Phi) is 4.55. The first-order valence-electron chi connectivity index (χ1n) is 7.08. The number of thioether (sulfide) groups is 1. The lowest BCUT2D eigenvalue weighted by atomic mass is 10.2. The van der Waals surface area contributed by atoms with E-state index < -0.39 is 0 Å². The van der Waals surface area contributed by atoms with Crippen LogP contribution in [0.3, 0.4) is 0 Å². The van der Waals surface area contributed by atoms with Gasteiger partial charge in [0.15, 0.2) is 0 Å². The van der Waals surface area contributed by atoms with Gasteiger partial charge in [0.1, 0.15) is 5.37 Å². The summed E-state index contributed by atoms with van der Waals surface area (Å²) in [6.07, 6.45) is 4.11. The number of amides is 1. The number of benzene rings is 2. The molecule has 0 radical (unpaired) electrons. The Morgan fingerprint density at radius 3 is 2.77 bits per heavy atom. The summed E-state index contributed by atoms with van der Waals surface area (Å²) in [5, 5.41) is 0.589. The first-order chi connectivity index (χ1) is 10.6. The van der Waals surface area contributed by atoms with Crippen molar-refractivity contribution < 1.29 is 4.79 Å². The maximum absolute atomic E-state index is 12.3. The van der Waals surface area contributed by atoms with Crippen LogP contribution in [0.2, 0.25) is 5.02 Å². The number of nitrogens with zero attached hydrogens (tertiary/aromatic N) is 1. The van der Waals surface area contributed by atoms with E-state index in [0.717, 1.165) is 16.8 Å². The van der Waals surface area contributed by atoms with Crippen molar-refractivity contribution in [3.63, 3.8) is 0 Å². The molecular formula is C18H16ClNOS. The monoisotopic (exact) mass is 329 g/mol. The minimum atomic E-state index is -0.0213. The van der Waals surface area contributed by atoms with Crippen molar-refractivity contribution in [2.24, 2.45) is 0 Å². The lowest BCUT2D eigenvalue weighted by molar-refractivity contribution is -0.115. The quantitative estimate of drug-likeness (QED) is 0.808. The third-order valence-electron chi connectivity index (χ3n) is 3.51. The largest absolute Gasteiger partial charge is 0.294 e. The van der Waals surface area contributed by atoms with Gasteiger partial charge in [0.25, 0.3) is 0 Å². The topological polar surface area (TPSA) is 20.3 Å². The van der Waals surface area contributed by atoms with Crippen molar-refractivity contribution in [3.8, 4) is 0 Å². The average molecular weight is 330 g/mol. The number of hydrogen-bond donors (Lipinski definition) is 0. The zero-order valence-electron chi connectivity index (χ0n) is 12.2. The van der Waals surface area contributed by atoms with E-state index in [9.17, 15) is 4.79 Å². The minimum Gasteiger partial charge on any atom is -0.294 e. The number of halogens is 1. The van der Waals surface area contributed by atoms with Crippen LogP contribution in [0, 0.1) is 6.92 Å². The number of carbonyl (C=O) groups is 1. The van der Waals surface area contributed by atoms with Gasteiger partial charge in [-0.1, -0.05) is 60.2 Å². The highest BCUT2D eigenvalue weighted by molar-refractivity contribution is 8.01. The molecule has 112 valence electrons. The first kappa shape index (κ1) is 15.2. The van der Waals surface area contributed by atoms with E-state index >= 15 is 0 Å². The van der Waals surface area contributed by atoms with Gasteiger partial charge in [0.05, 0.1) is 16.5 Å². The standard InChI is InChI=1S/C18H16ClNOS/c1-13-7-9-15(19)16(11-13)20-17(21)12-22-18(20)10-8-14-5-3-2-4-6-14/h2-11,18H,12H2,1H3. The molecule has 2 nitrogen and oxygen atoms in total. The number of carbonyl (C=O) groups excluding carboxylic acids is 1. The molecule has 0 bridgehead atoms. The second kappa shape index (κ2) is 6.59. The molecule has 1 heterocycles. The van der Waals surface area contributed by atoms with Gasteiger partial charge >= 0.3 is 0 Å². The number of aryl methyl sites for hydroxylation is 1. The molecule has 1 amide bonds. The first-order valence-corrected chi connectivity index (χ1v) is 8.51. The third kappa shape index (κ3) is 3.21. The predicted molar refractivity (Wildman–Crippen MR) is 95.4 cm³/mol. The van der Waals surface area contributed by atoms with Crippen LogP contribution in [0.15, 0.2) is 54.6 Å². The van der Waals surface area contributed by atoms with Crippen molar-refractivity contribution in [1.82, 2.24) is 0 Å². The van der Waals surface area contributed by atoms with Crippen LogP contribution in [0.1, 0.15) is 11.1 Å². The van der Waals surface area contributed by atoms with E-state index in [1.807, 2.05) is 61.5 Å². The van der Waals surface area contributed by atoms with Crippen LogP contribution in [0.4, 0.5) is 5.69 Å². The fourth-order valence-corrected chi connectivity index (χ4v) is 3.65. The zero-order valence-corrected chi connectivity index (χ0v) is 13.8. The van der Waals surface area contributed by atoms with Crippen molar-refractivity contribution in [2.45, 2.75) is 12.3 Å². The van der Waals surface area contributed by atoms with Gasteiger partial charge in [0.2, 0.25) is 5.91 Å². The summed E-state index contributed by atoms with van der Waals surface area (Å²) >= 11 is 7.91. The maximum Gasteiger partial charge on any atom is 0.238 e. The highest BCUT2D eigenvalue weighted by Gasteiger charge is 2.32. The van der Waals surface area contributed by atoms with E-state index in [1.54, 1.807) is 16.7 Å². The second-order valence-corrected chi connectivity index (χ2v) is 6.70. The summed E-state index contributed by atoms with van der Waals surface area (Å²) in [7, 11) is 0. The normalized spacial score (nSPS) is 18.4. The van der Waals surface area contributed by atoms with Crippen molar-refractivity contribution in [2.75, 3.05) is 10.7 Å². The Morgan fingerprint density at radius 1 is 1.23 bits per heavy atom. The van der Waals surface area contributed by atoms with Crippen LogP contribution in [0.25, 0.3) is 6.08 Å². The maximum atomic E-state index is 12.3. The summed E-state index contributed by atoms with van der Waals surface area (Å²) in [5.74, 6) is 0.578. The summed E-state index contributed by atoms with van der Waals surface area (Å²) in [6, 6.07) is 15.8. The summed E-state index contributed by atoms with van der Waals surface area (Å²) in [5.41, 5.74) is 3.01. The van der Waals surface area contributed by atoms with Gasteiger partial charge in [-0.2, -0.15) is 0 Å². The van der Waals surface area contributed by atoms with Gasteiger partial charge in [-0.25, -0.2) is 0 Å². The molecule has 4 heteroatoms. The fourth-order valence-electron chi connectivity index (χ4n) is 2.42. The summed E-state index contributed by atoms with van der Waals surface area (Å²) in [6.45, 7) is 2.00. The molecule has 22 heavy (non-hydrogen) atoms. The minimum absolute atomic E-state index is 0.0213. The molecular weight excluding hydrogens is 314 g/mol. The van der Waals surface area contributed by atoms with E-state index in [0.29, 0.717) is 10.8 Å². The third-order valence-corrected chi connectivity index (χ3v) is 4.96. The molecule has 0 aliphatic carbocycles. The lowest BCUT2D eigenvalue weighted by Crippen LogP contribution is -2.31. The smallest absolute Gasteiger partial charge is 0.238 e. The predicted octanol–water partition coefficient (Wildman–Crippen LogP) is 4.77. The molecule has 1 aliphatic heterocycles. The molecule has 1 aliphatic rings. The Hall–Kier alpha value is -1.71. The van der Waals surface area contributed by atoms with Gasteiger partial charge in [-0.05, 0) is 30.2 Å². The molecule has 1 fully saturated rings. The number of anilines is 1. The van der Waals surface area contributed by atoms with Gasteiger partial charge in [0, 0.05) is 0 Å². The van der Waals surface area contributed by atoms with E-state index in [2.05, 4.69) is 6.08 Å². The van der Waals surface area contributed by atoms with Crippen LogP contribution in [-0.2, 0) is 4.79 Å². The van der Waals surface area contributed by atoms with Crippen LogP contribution < -0.4 is 4.90 Å². The van der Waals surface area contributed by atoms with Crippen LogP contribution in [-0.4, -0.2) is 17.0 Å². The molecule has 2 aromatic rings. The number of hydrogen-bond acceptors (Lipinski definition) is 2. The van der Waals surface area contributed by atoms with Crippen LogP contribution >= 0.6 is 23.4 Å². The molecule has 0 saturated carbocycles. The van der Waals surface area contributed by atoms with Gasteiger partial charge in [-0.3, -0.25) is 9.69 Å². The molecule has 1 saturated heterocycles. The summed E-state index contributed by atoms with van der Waals surface area (Å²) in [4.78, 5) is 14.1. The second-order valence-electron chi connectivity index (χ2n) is 5.19. The molecule has 0 N–H and O–H groups in total. The molecule has 0 aromatic heterocycles. The Morgan fingerprint density at radius 2 is 2.00 bits per heavy atom. The number of rotatable bonds is 3. The Labute approximate surface area is 139 Å². The summed E-state index contributed by atoms with van der Waals surface area (Å²) < 4.78 is 0. The molecule has 1 unspecified atom stereocenters. The van der Waals surface area contributed by atoms with E-state index in [4.69, 9.17) is 11.6 Å². The zero-order chi connectivity index (χ0) is 15.5. The van der Waals surface area contributed by atoms with Gasteiger partial charge in [-0.15, -0.1) is 11.8 Å². The Balaban J connectivity index is 1.90. The lowest BCUT2D eigenvalue weighted by Gasteiger charge is -2.23.